The Morgan fingerprint density at radius 1 is 1.28 bits per heavy atom. The van der Waals surface area contributed by atoms with Gasteiger partial charge >= 0.3 is 0 Å². The van der Waals surface area contributed by atoms with E-state index in [1.165, 1.54) is 43.2 Å². The summed E-state index contributed by atoms with van der Waals surface area (Å²) in [6.45, 7) is 0.896. The van der Waals surface area contributed by atoms with Crippen molar-refractivity contribution in [2.75, 3.05) is 20.8 Å². The summed E-state index contributed by atoms with van der Waals surface area (Å²) in [4.78, 5) is 0. The molecule has 2 rings (SSSR count). The van der Waals surface area contributed by atoms with Gasteiger partial charge in [0.15, 0.2) is 0 Å². The molecule has 0 saturated heterocycles. The number of aryl methyl sites for hydroxylation is 1. The predicted molar refractivity (Wildman–Crippen MR) is 75.8 cm³/mol. The summed E-state index contributed by atoms with van der Waals surface area (Å²) in [5.74, 6) is 0.779. The first-order chi connectivity index (χ1) is 8.86. The number of fused-ring (bicyclic) bond motifs is 1. The number of nitrogens with one attached hydrogen (secondary N) is 1. The Bertz CT molecular complexity index is 364. The molecule has 1 N–H and O–H groups in total. The second kappa shape index (κ2) is 6.91. The zero-order valence-corrected chi connectivity index (χ0v) is 11.6. The van der Waals surface area contributed by atoms with Crippen LogP contribution >= 0.6 is 0 Å². The van der Waals surface area contributed by atoms with E-state index < -0.39 is 0 Å². The molecule has 2 unspecified atom stereocenters. The van der Waals surface area contributed by atoms with Crippen molar-refractivity contribution in [1.29, 1.82) is 0 Å². The zero-order chi connectivity index (χ0) is 12.8. The highest BCUT2D eigenvalue weighted by atomic mass is 16.5. The van der Waals surface area contributed by atoms with E-state index in [4.69, 9.17) is 4.74 Å². The summed E-state index contributed by atoms with van der Waals surface area (Å²) in [7, 11) is 3.88. The maximum Gasteiger partial charge on any atom is 0.0462 e. The molecule has 0 heterocycles. The largest absolute Gasteiger partial charge is 0.385 e. The van der Waals surface area contributed by atoms with E-state index in [0.717, 1.165) is 12.5 Å². The van der Waals surface area contributed by atoms with Gasteiger partial charge in [0.1, 0.15) is 0 Å². The number of benzene rings is 1. The maximum atomic E-state index is 5.13. The molecule has 0 aliphatic heterocycles. The lowest BCUT2D eigenvalue weighted by molar-refractivity contribution is 0.187. The van der Waals surface area contributed by atoms with Crippen molar-refractivity contribution in [2.45, 2.75) is 38.1 Å². The number of hydrogen-bond acceptors (Lipinski definition) is 2. The maximum absolute atomic E-state index is 5.13. The van der Waals surface area contributed by atoms with Crippen molar-refractivity contribution in [3.8, 4) is 0 Å². The smallest absolute Gasteiger partial charge is 0.0462 e. The van der Waals surface area contributed by atoms with Crippen molar-refractivity contribution < 1.29 is 4.74 Å². The molecule has 2 nitrogen and oxygen atoms in total. The van der Waals surface area contributed by atoms with Gasteiger partial charge in [0.2, 0.25) is 0 Å². The third-order valence-electron chi connectivity index (χ3n) is 4.13. The summed E-state index contributed by atoms with van der Waals surface area (Å²) in [5, 5.41) is 3.52. The standard InChI is InChI=1S/C16H25NO/c1-17-16-14(8-5-6-12-18-2)11-10-13-7-3-4-9-15(13)16/h3-4,7,9,14,16-17H,5-6,8,10-12H2,1-2H3. The Hall–Kier alpha value is -0.860. The molecule has 2 heteroatoms. The summed E-state index contributed by atoms with van der Waals surface area (Å²) in [6.07, 6.45) is 6.33. The van der Waals surface area contributed by atoms with E-state index in [1.807, 2.05) is 0 Å². The quantitative estimate of drug-likeness (QED) is 0.779. The van der Waals surface area contributed by atoms with Gasteiger partial charge in [0, 0.05) is 19.8 Å². The van der Waals surface area contributed by atoms with Crippen molar-refractivity contribution in [3.05, 3.63) is 35.4 Å². The van der Waals surface area contributed by atoms with Gasteiger partial charge in [-0.15, -0.1) is 0 Å². The van der Waals surface area contributed by atoms with E-state index in [1.54, 1.807) is 7.11 Å². The van der Waals surface area contributed by atoms with Gasteiger partial charge in [0.25, 0.3) is 0 Å². The fourth-order valence-corrected chi connectivity index (χ4v) is 3.18. The molecule has 1 aromatic rings. The van der Waals surface area contributed by atoms with Crippen LogP contribution in [0.25, 0.3) is 0 Å². The lowest BCUT2D eigenvalue weighted by Crippen LogP contribution is -2.30. The Morgan fingerprint density at radius 2 is 2.11 bits per heavy atom. The van der Waals surface area contributed by atoms with Crippen LogP contribution < -0.4 is 5.32 Å². The topological polar surface area (TPSA) is 21.3 Å². The van der Waals surface area contributed by atoms with Gasteiger partial charge in [0.05, 0.1) is 0 Å². The zero-order valence-electron chi connectivity index (χ0n) is 11.6. The van der Waals surface area contributed by atoms with Crippen LogP contribution in [0, 0.1) is 5.92 Å². The third kappa shape index (κ3) is 3.12. The molecule has 0 aromatic heterocycles. The third-order valence-corrected chi connectivity index (χ3v) is 4.13. The van der Waals surface area contributed by atoms with E-state index in [0.29, 0.717) is 6.04 Å². The number of unbranched alkanes of at least 4 members (excludes halogenated alkanes) is 1. The molecular weight excluding hydrogens is 222 g/mol. The average Bonchev–Trinajstić information content (AvgIpc) is 2.43. The van der Waals surface area contributed by atoms with Gasteiger partial charge in [-0.2, -0.15) is 0 Å². The molecule has 0 amide bonds. The second-order valence-electron chi connectivity index (χ2n) is 5.25. The van der Waals surface area contributed by atoms with Crippen LogP contribution in [-0.4, -0.2) is 20.8 Å². The summed E-state index contributed by atoms with van der Waals surface area (Å²) < 4.78 is 5.13. The van der Waals surface area contributed by atoms with E-state index in [2.05, 4.69) is 36.6 Å². The highest BCUT2D eigenvalue weighted by molar-refractivity contribution is 5.32. The van der Waals surface area contributed by atoms with E-state index in [-0.39, 0.29) is 0 Å². The minimum atomic E-state index is 0.539. The van der Waals surface area contributed by atoms with Crippen LogP contribution in [0.5, 0.6) is 0 Å². The summed E-state index contributed by atoms with van der Waals surface area (Å²) in [5.41, 5.74) is 3.05. The number of hydrogen-bond donors (Lipinski definition) is 1. The summed E-state index contributed by atoms with van der Waals surface area (Å²) >= 11 is 0. The van der Waals surface area contributed by atoms with Crippen LogP contribution in [0.3, 0.4) is 0 Å². The van der Waals surface area contributed by atoms with Crippen LogP contribution in [0.4, 0.5) is 0 Å². The van der Waals surface area contributed by atoms with Crippen LogP contribution in [-0.2, 0) is 11.2 Å². The fourth-order valence-electron chi connectivity index (χ4n) is 3.18. The molecule has 18 heavy (non-hydrogen) atoms. The fraction of sp³-hybridized carbons (Fsp3) is 0.625. The van der Waals surface area contributed by atoms with Crippen molar-refractivity contribution >= 4 is 0 Å². The SMILES string of the molecule is CNC1c2ccccc2CCC1CCCCOC. The molecule has 1 aliphatic rings. The van der Waals surface area contributed by atoms with Gasteiger partial charge < -0.3 is 10.1 Å². The molecule has 0 bridgehead atoms. The Morgan fingerprint density at radius 3 is 2.89 bits per heavy atom. The highest BCUT2D eigenvalue weighted by Gasteiger charge is 2.27. The summed E-state index contributed by atoms with van der Waals surface area (Å²) in [6, 6.07) is 9.43. The molecular formula is C16H25NO. The van der Waals surface area contributed by atoms with Gasteiger partial charge in [-0.25, -0.2) is 0 Å². The molecule has 100 valence electrons. The van der Waals surface area contributed by atoms with Gasteiger partial charge in [-0.05, 0) is 49.8 Å². The van der Waals surface area contributed by atoms with E-state index in [9.17, 15) is 0 Å². The first-order valence-electron chi connectivity index (χ1n) is 7.11. The minimum absolute atomic E-state index is 0.539. The first-order valence-corrected chi connectivity index (χ1v) is 7.11. The number of ether oxygens (including phenoxy) is 1. The molecule has 1 aromatic carbocycles. The molecule has 0 spiro atoms. The van der Waals surface area contributed by atoms with E-state index >= 15 is 0 Å². The lowest BCUT2D eigenvalue weighted by Gasteiger charge is -2.33. The Balaban J connectivity index is 1.97. The van der Waals surface area contributed by atoms with Crippen molar-refractivity contribution in [2.24, 2.45) is 5.92 Å². The highest BCUT2D eigenvalue weighted by Crippen LogP contribution is 2.36. The first kappa shape index (κ1) is 13.6. The van der Waals surface area contributed by atoms with Crippen LogP contribution in [0.15, 0.2) is 24.3 Å². The van der Waals surface area contributed by atoms with Crippen LogP contribution in [0.1, 0.15) is 42.9 Å². The molecule has 0 fully saturated rings. The molecule has 2 atom stereocenters. The van der Waals surface area contributed by atoms with Crippen molar-refractivity contribution in [3.63, 3.8) is 0 Å². The Labute approximate surface area is 111 Å². The minimum Gasteiger partial charge on any atom is -0.385 e. The monoisotopic (exact) mass is 247 g/mol. The number of methoxy groups -OCH3 is 1. The number of rotatable bonds is 6. The predicted octanol–water partition coefficient (Wildman–Crippen LogP) is 3.33. The molecule has 0 radical (unpaired) electrons. The van der Waals surface area contributed by atoms with Crippen molar-refractivity contribution in [1.82, 2.24) is 5.32 Å². The average molecular weight is 247 g/mol. The Kier molecular flexibility index (Phi) is 5.21. The normalized spacial score (nSPS) is 22.8. The van der Waals surface area contributed by atoms with Crippen LogP contribution in [0.2, 0.25) is 0 Å². The van der Waals surface area contributed by atoms with Gasteiger partial charge in [-0.3, -0.25) is 0 Å². The molecule has 0 saturated carbocycles. The lowest BCUT2D eigenvalue weighted by atomic mass is 9.77. The molecule has 1 aliphatic carbocycles. The second-order valence-corrected chi connectivity index (χ2v) is 5.25. The van der Waals surface area contributed by atoms with Gasteiger partial charge in [-0.1, -0.05) is 30.7 Å².